The molecule has 228 valence electrons. The normalized spacial score (nSPS) is 14.4. The zero-order chi connectivity index (χ0) is 29.9. The standard InChI is InChI=1S/C29H28F5N6OP.H2O/c1-5-42(4)17-11-12-19(23(13-17)41-29(32,33)34)28-35-25(26(38(28)2)16-9-10-16)18-7-6-8-21-20(18)15-40(36-21)24-14-22(27(30)31)39(3)37-24;/h6-8,11-16,27H,5,9-10H2,1-4H3;1H2. The van der Waals surface area contributed by atoms with Crippen molar-refractivity contribution in [2.24, 2.45) is 14.1 Å². The molecular weight excluding hydrogens is 590 g/mol. The van der Waals surface area contributed by atoms with E-state index in [9.17, 15) is 22.0 Å². The summed E-state index contributed by atoms with van der Waals surface area (Å²) >= 11 is 0. The van der Waals surface area contributed by atoms with Crippen LogP contribution >= 0.6 is 7.92 Å². The van der Waals surface area contributed by atoms with Gasteiger partial charge in [-0.05, 0) is 49.2 Å². The predicted molar refractivity (Wildman–Crippen MR) is 156 cm³/mol. The van der Waals surface area contributed by atoms with Crippen molar-refractivity contribution in [3.63, 3.8) is 0 Å². The largest absolute Gasteiger partial charge is 0.573 e. The van der Waals surface area contributed by atoms with Crippen LogP contribution < -0.4 is 10.0 Å². The van der Waals surface area contributed by atoms with E-state index in [2.05, 4.69) is 14.9 Å². The Labute approximate surface area is 245 Å². The van der Waals surface area contributed by atoms with E-state index >= 15 is 0 Å². The molecule has 0 spiro atoms. The highest BCUT2D eigenvalue weighted by Crippen LogP contribution is 2.48. The van der Waals surface area contributed by atoms with Gasteiger partial charge in [0.25, 0.3) is 6.43 Å². The maximum absolute atomic E-state index is 13.5. The van der Waals surface area contributed by atoms with Crippen LogP contribution in [0.15, 0.2) is 48.7 Å². The Morgan fingerprint density at radius 1 is 1.05 bits per heavy atom. The van der Waals surface area contributed by atoms with E-state index in [-0.39, 0.29) is 34.2 Å². The maximum Gasteiger partial charge on any atom is 0.573 e. The number of fused-ring (bicyclic) bond motifs is 1. The first kappa shape index (κ1) is 30.6. The van der Waals surface area contributed by atoms with E-state index in [1.807, 2.05) is 43.4 Å². The first-order chi connectivity index (χ1) is 19.9. The summed E-state index contributed by atoms with van der Waals surface area (Å²) in [5, 5.41) is 10.3. The molecule has 5 aromatic rings. The van der Waals surface area contributed by atoms with Crippen molar-refractivity contribution >= 4 is 24.1 Å². The lowest BCUT2D eigenvalue weighted by molar-refractivity contribution is -0.274. The maximum atomic E-state index is 13.5. The van der Waals surface area contributed by atoms with Gasteiger partial charge in [-0.15, -0.1) is 13.2 Å². The van der Waals surface area contributed by atoms with Crippen LogP contribution in [0, 0.1) is 0 Å². The molecule has 0 bridgehead atoms. The zero-order valence-electron chi connectivity index (χ0n) is 23.8. The first-order valence-corrected chi connectivity index (χ1v) is 15.4. The minimum atomic E-state index is -4.86. The van der Waals surface area contributed by atoms with E-state index in [4.69, 9.17) is 4.98 Å². The van der Waals surface area contributed by atoms with Crippen LogP contribution in [0.1, 0.15) is 43.5 Å². The number of halogens is 5. The summed E-state index contributed by atoms with van der Waals surface area (Å²) < 4.78 is 76.3. The van der Waals surface area contributed by atoms with Crippen molar-refractivity contribution in [3.8, 4) is 34.2 Å². The molecule has 43 heavy (non-hydrogen) atoms. The molecule has 1 atom stereocenters. The Balaban J connectivity index is 0.00000368. The molecule has 8 nitrogen and oxygen atoms in total. The Morgan fingerprint density at radius 2 is 1.79 bits per heavy atom. The Morgan fingerprint density at radius 3 is 2.42 bits per heavy atom. The third kappa shape index (κ3) is 5.75. The zero-order valence-corrected chi connectivity index (χ0v) is 24.7. The molecule has 1 aliphatic carbocycles. The van der Waals surface area contributed by atoms with E-state index in [0.29, 0.717) is 17.0 Å². The van der Waals surface area contributed by atoms with Crippen LogP contribution in [0.3, 0.4) is 0 Å². The van der Waals surface area contributed by atoms with Gasteiger partial charge in [-0.25, -0.2) is 18.4 Å². The molecule has 3 heterocycles. The number of nitrogens with zero attached hydrogens (tertiary/aromatic N) is 6. The number of aromatic nitrogens is 6. The van der Waals surface area contributed by atoms with Gasteiger partial charge in [-0.2, -0.15) is 10.2 Å². The second-order valence-corrected chi connectivity index (χ2v) is 13.0. The van der Waals surface area contributed by atoms with Crippen molar-refractivity contribution in [1.82, 2.24) is 29.1 Å². The minimum Gasteiger partial charge on any atom is -0.412 e. The van der Waals surface area contributed by atoms with Gasteiger partial charge >= 0.3 is 6.36 Å². The van der Waals surface area contributed by atoms with Gasteiger partial charge in [0.05, 0.1) is 16.8 Å². The third-order valence-electron chi connectivity index (χ3n) is 7.62. The van der Waals surface area contributed by atoms with E-state index in [0.717, 1.165) is 45.6 Å². The van der Waals surface area contributed by atoms with Crippen LogP contribution in [0.2, 0.25) is 0 Å². The third-order valence-corrected chi connectivity index (χ3v) is 9.73. The van der Waals surface area contributed by atoms with Gasteiger partial charge < -0.3 is 14.8 Å². The first-order valence-electron chi connectivity index (χ1n) is 13.4. The highest BCUT2D eigenvalue weighted by atomic mass is 31.1. The molecule has 0 saturated heterocycles. The van der Waals surface area contributed by atoms with Crippen LogP contribution in [0.5, 0.6) is 5.75 Å². The summed E-state index contributed by atoms with van der Waals surface area (Å²) in [5.41, 5.74) is 2.92. The van der Waals surface area contributed by atoms with E-state index in [1.54, 1.807) is 18.3 Å². The van der Waals surface area contributed by atoms with Crippen LogP contribution in [-0.4, -0.2) is 53.8 Å². The fourth-order valence-corrected chi connectivity index (χ4v) is 6.28. The summed E-state index contributed by atoms with van der Waals surface area (Å²) in [6.45, 7) is 4.02. The van der Waals surface area contributed by atoms with Crippen molar-refractivity contribution in [3.05, 3.63) is 60.0 Å². The summed E-state index contributed by atoms with van der Waals surface area (Å²) in [6.07, 6.45) is -3.12. The number of alkyl halides is 5. The minimum absolute atomic E-state index is 0. The monoisotopic (exact) mass is 620 g/mol. The molecule has 6 rings (SSSR count). The van der Waals surface area contributed by atoms with Gasteiger partial charge in [0.1, 0.15) is 17.3 Å². The second kappa shape index (κ2) is 11.3. The Kier molecular flexibility index (Phi) is 8.08. The summed E-state index contributed by atoms with van der Waals surface area (Å²) in [5.74, 6) is 0.540. The highest BCUT2D eigenvalue weighted by molar-refractivity contribution is 7.64. The molecule has 1 fully saturated rings. The van der Waals surface area contributed by atoms with Gasteiger partial charge in [0, 0.05) is 48.9 Å². The van der Waals surface area contributed by atoms with Crippen molar-refractivity contribution in [1.29, 1.82) is 0 Å². The van der Waals surface area contributed by atoms with E-state index < -0.39 is 20.7 Å². The van der Waals surface area contributed by atoms with Gasteiger partial charge in [0.2, 0.25) is 0 Å². The molecular formula is C29H30F5N6O2P. The number of ether oxygens (including phenoxy) is 1. The molecule has 3 aromatic heterocycles. The van der Waals surface area contributed by atoms with Gasteiger partial charge in [-0.3, -0.25) is 4.68 Å². The molecule has 2 aromatic carbocycles. The molecule has 2 N–H and O–H groups in total. The average molecular weight is 621 g/mol. The fourth-order valence-electron chi connectivity index (χ4n) is 5.25. The number of hydrogen-bond donors (Lipinski definition) is 0. The smallest absolute Gasteiger partial charge is 0.412 e. The van der Waals surface area contributed by atoms with Crippen molar-refractivity contribution in [2.75, 3.05) is 12.8 Å². The van der Waals surface area contributed by atoms with Crippen molar-refractivity contribution < 1.29 is 32.2 Å². The van der Waals surface area contributed by atoms with Crippen molar-refractivity contribution in [2.45, 2.75) is 38.5 Å². The quantitative estimate of drug-likeness (QED) is 0.147. The molecule has 1 aliphatic rings. The lowest BCUT2D eigenvalue weighted by Gasteiger charge is -2.17. The van der Waals surface area contributed by atoms with Gasteiger partial charge in [0.15, 0.2) is 5.82 Å². The molecule has 1 unspecified atom stereocenters. The second-order valence-electron chi connectivity index (χ2n) is 10.4. The average Bonchev–Trinajstić information content (AvgIpc) is 3.39. The molecule has 0 aliphatic heterocycles. The summed E-state index contributed by atoms with van der Waals surface area (Å²) in [4.78, 5) is 4.94. The molecule has 0 amide bonds. The fraction of sp³-hybridized carbons (Fsp3) is 0.345. The van der Waals surface area contributed by atoms with Gasteiger partial charge in [-0.1, -0.05) is 33.0 Å². The van der Waals surface area contributed by atoms with Crippen LogP contribution in [-0.2, 0) is 14.1 Å². The molecule has 0 radical (unpaired) electrons. The topological polar surface area (TPSA) is 94.2 Å². The SMILES string of the molecule is CCP(C)c1ccc(-c2nc(-c3cccc4nn(-c5cc(C(F)F)n(C)n5)cc34)c(C3CC3)n2C)c(OC(F)(F)F)c1.O. The van der Waals surface area contributed by atoms with Crippen LogP contribution in [0.25, 0.3) is 39.4 Å². The lowest BCUT2D eigenvalue weighted by Crippen LogP contribution is -2.19. The highest BCUT2D eigenvalue weighted by Gasteiger charge is 2.36. The number of benzene rings is 2. The number of imidazole rings is 1. The number of rotatable bonds is 8. The molecule has 1 saturated carbocycles. The van der Waals surface area contributed by atoms with E-state index in [1.165, 1.54) is 23.9 Å². The summed E-state index contributed by atoms with van der Waals surface area (Å²) in [6, 6.07) is 11.8. The Hall–Kier alpha value is -3.83. The lowest BCUT2D eigenvalue weighted by atomic mass is 10.0. The van der Waals surface area contributed by atoms with Crippen LogP contribution in [0.4, 0.5) is 22.0 Å². The number of aryl methyl sites for hydroxylation is 1. The predicted octanol–water partition coefficient (Wildman–Crippen LogP) is 6.47. The molecule has 14 heteroatoms. The summed E-state index contributed by atoms with van der Waals surface area (Å²) in [7, 11) is 2.63. The number of hydrogen-bond acceptors (Lipinski definition) is 4. The Bertz CT molecular complexity index is 1790.